The molecule has 0 aliphatic carbocycles. The molecule has 2 N–H and O–H groups in total. The Hall–Kier alpha value is -2.37. The maximum Gasteiger partial charge on any atom is 0.175 e. The smallest absolute Gasteiger partial charge is 0.175 e. The number of anilines is 2. The fourth-order valence-corrected chi connectivity index (χ4v) is 2.68. The predicted molar refractivity (Wildman–Crippen MR) is 104 cm³/mol. The molecule has 1 aromatic heterocycles. The first kappa shape index (κ1) is 16.5. The van der Waals surface area contributed by atoms with E-state index in [1.54, 1.807) is 6.20 Å². The van der Waals surface area contributed by atoms with Crippen molar-refractivity contribution in [3.8, 4) is 0 Å². The average Bonchev–Trinajstić information content (AvgIpc) is 2.96. The number of hydrogen-bond acceptors (Lipinski definition) is 2. The first-order chi connectivity index (χ1) is 11.6. The average molecular weight is 357 g/mol. The molecule has 0 saturated carbocycles. The van der Waals surface area contributed by atoms with Gasteiger partial charge in [-0.05, 0) is 42.9 Å². The van der Waals surface area contributed by atoms with Gasteiger partial charge >= 0.3 is 0 Å². The number of hydrogen-bond donors (Lipinski definition) is 2. The molecule has 3 aromatic rings. The first-order valence-electron chi connectivity index (χ1n) is 7.50. The molecule has 122 valence electrons. The Morgan fingerprint density at radius 1 is 1.12 bits per heavy atom. The summed E-state index contributed by atoms with van der Waals surface area (Å²) in [4.78, 5) is 0. The molecule has 0 aliphatic heterocycles. The van der Waals surface area contributed by atoms with Gasteiger partial charge in [0, 0.05) is 16.9 Å². The van der Waals surface area contributed by atoms with Crippen LogP contribution in [0.3, 0.4) is 0 Å². The van der Waals surface area contributed by atoms with Crippen LogP contribution in [-0.4, -0.2) is 14.9 Å². The van der Waals surface area contributed by atoms with Gasteiger partial charge in [-0.25, -0.2) is 0 Å². The Morgan fingerprint density at radius 3 is 2.62 bits per heavy atom. The van der Waals surface area contributed by atoms with E-state index in [1.807, 2.05) is 35.1 Å². The number of thiocarbonyl (C=S) groups is 1. The second-order valence-electron chi connectivity index (χ2n) is 5.50. The van der Waals surface area contributed by atoms with E-state index >= 15 is 0 Å². The lowest BCUT2D eigenvalue weighted by Crippen LogP contribution is -2.18. The molecule has 2 aromatic carbocycles. The first-order valence-corrected chi connectivity index (χ1v) is 8.29. The molecule has 0 spiro atoms. The van der Waals surface area contributed by atoms with Crippen LogP contribution in [0.2, 0.25) is 5.02 Å². The second-order valence-corrected chi connectivity index (χ2v) is 6.35. The number of halogens is 1. The van der Waals surface area contributed by atoms with Gasteiger partial charge in [-0.2, -0.15) is 5.10 Å². The third-order valence-electron chi connectivity index (χ3n) is 3.44. The summed E-state index contributed by atoms with van der Waals surface area (Å²) in [6.07, 6.45) is 3.67. The molecule has 0 bridgehead atoms. The zero-order valence-electron chi connectivity index (χ0n) is 13.2. The van der Waals surface area contributed by atoms with E-state index < -0.39 is 0 Å². The maximum absolute atomic E-state index is 5.96. The molecular formula is C18H17ClN4S. The van der Waals surface area contributed by atoms with E-state index in [1.165, 1.54) is 11.1 Å². The molecule has 0 saturated heterocycles. The molecule has 4 nitrogen and oxygen atoms in total. The lowest BCUT2D eigenvalue weighted by Gasteiger charge is -2.09. The highest BCUT2D eigenvalue weighted by Gasteiger charge is 2.03. The van der Waals surface area contributed by atoms with Gasteiger partial charge in [-0.1, -0.05) is 47.5 Å². The summed E-state index contributed by atoms with van der Waals surface area (Å²) in [5.41, 5.74) is 4.13. The number of nitrogens with one attached hydrogen (secondary N) is 2. The van der Waals surface area contributed by atoms with Gasteiger partial charge in [-0.3, -0.25) is 4.68 Å². The summed E-state index contributed by atoms with van der Waals surface area (Å²) >= 11 is 11.3. The highest BCUT2D eigenvalue weighted by atomic mass is 35.5. The zero-order chi connectivity index (χ0) is 16.9. The van der Waals surface area contributed by atoms with E-state index in [0.29, 0.717) is 10.1 Å². The van der Waals surface area contributed by atoms with Crippen molar-refractivity contribution in [1.29, 1.82) is 0 Å². The van der Waals surface area contributed by atoms with Crippen LogP contribution < -0.4 is 10.6 Å². The largest absolute Gasteiger partial charge is 0.332 e. The SMILES string of the molecule is Cc1ccc(Cn2cc(NC(=S)Nc3cccc(Cl)c3)cn2)cc1. The van der Waals surface area contributed by atoms with E-state index in [4.69, 9.17) is 23.8 Å². The third-order valence-corrected chi connectivity index (χ3v) is 3.88. The molecule has 0 fully saturated rings. The van der Waals surface area contributed by atoms with Gasteiger partial charge in [0.15, 0.2) is 5.11 Å². The Bertz CT molecular complexity index is 842. The van der Waals surface area contributed by atoms with Gasteiger partial charge in [0.1, 0.15) is 0 Å². The minimum Gasteiger partial charge on any atom is -0.332 e. The lowest BCUT2D eigenvalue weighted by molar-refractivity contribution is 0.687. The summed E-state index contributed by atoms with van der Waals surface area (Å²) in [5, 5.41) is 11.7. The maximum atomic E-state index is 5.96. The minimum absolute atomic E-state index is 0.493. The molecule has 1 heterocycles. The minimum atomic E-state index is 0.493. The number of aromatic nitrogens is 2. The van der Waals surface area contributed by atoms with Crippen LogP contribution in [-0.2, 0) is 6.54 Å². The summed E-state index contributed by atoms with van der Waals surface area (Å²) in [7, 11) is 0. The highest BCUT2D eigenvalue weighted by Crippen LogP contribution is 2.15. The van der Waals surface area contributed by atoms with Crippen molar-refractivity contribution in [2.75, 3.05) is 10.6 Å². The van der Waals surface area contributed by atoms with E-state index in [2.05, 4.69) is 46.9 Å². The van der Waals surface area contributed by atoms with Gasteiger partial charge in [0.2, 0.25) is 0 Å². The van der Waals surface area contributed by atoms with Crippen molar-refractivity contribution < 1.29 is 0 Å². The van der Waals surface area contributed by atoms with Gasteiger partial charge in [0.05, 0.1) is 18.4 Å². The second kappa shape index (κ2) is 7.47. The van der Waals surface area contributed by atoms with Crippen LogP contribution in [0.25, 0.3) is 0 Å². The third kappa shape index (κ3) is 4.57. The standard InChI is InChI=1S/C18H17ClN4S/c1-13-5-7-14(8-6-13)11-23-12-17(10-20-23)22-18(24)21-16-4-2-3-15(19)9-16/h2-10,12H,11H2,1H3,(H2,21,22,24). The molecule has 6 heteroatoms. The molecule has 0 amide bonds. The van der Waals surface area contributed by atoms with Crippen LogP contribution in [0, 0.1) is 6.92 Å². The number of aryl methyl sites for hydroxylation is 1. The Kier molecular flexibility index (Phi) is 5.13. The quantitative estimate of drug-likeness (QED) is 0.665. The molecule has 0 unspecified atom stereocenters. The number of benzene rings is 2. The summed E-state index contributed by atoms with van der Waals surface area (Å²) in [5.74, 6) is 0. The molecule has 3 rings (SSSR count). The fraction of sp³-hybridized carbons (Fsp3) is 0.111. The van der Waals surface area contributed by atoms with Crippen LogP contribution in [0.1, 0.15) is 11.1 Å². The van der Waals surface area contributed by atoms with Crippen LogP contribution in [0.5, 0.6) is 0 Å². The summed E-state index contributed by atoms with van der Waals surface area (Å²) in [6.45, 7) is 2.80. The van der Waals surface area contributed by atoms with Crippen LogP contribution >= 0.6 is 23.8 Å². The summed E-state index contributed by atoms with van der Waals surface area (Å²) < 4.78 is 1.87. The van der Waals surface area contributed by atoms with Gasteiger partial charge in [-0.15, -0.1) is 0 Å². The highest BCUT2D eigenvalue weighted by molar-refractivity contribution is 7.80. The van der Waals surface area contributed by atoms with E-state index in [0.717, 1.165) is 17.9 Å². The lowest BCUT2D eigenvalue weighted by atomic mass is 10.1. The van der Waals surface area contributed by atoms with Crippen molar-refractivity contribution in [3.63, 3.8) is 0 Å². The van der Waals surface area contributed by atoms with Crippen molar-refractivity contribution in [2.45, 2.75) is 13.5 Å². The normalized spacial score (nSPS) is 10.4. The van der Waals surface area contributed by atoms with Crippen molar-refractivity contribution in [2.24, 2.45) is 0 Å². The molecule has 0 aliphatic rings. The number of rotatable bonds is 4. The molecule has 24 heavy (non-hydrogen) atoms. The molecule has 0 atom stereocenters. The Morgan fingerprint density at radius 2 is 1.88 bits per heavy atom. The zero-order valence-corrected chi connectivity index (χ0v) is 14.7. The van der Waals surface area contributed by atoms with Gasteiger partial charge in [0.25, 0.3) is 0 Å². The van der Waals surface area contributed by atoms with E-state index in [9.17, 15) is 0 Å². The number of nitrogens with zero attached hydrogens (tertiary/aromatic N) is 2. The molecular weight excluding hydrogens is 340 g/mol. The Balaban J connectivity index is 1.59. The van der Waals surface area contributed by atoms with Crippen molar-refractivity contribution in [1.82, 2.24) is 9.78 Å². The Labute approximate surface area is 151 Å². The predicted octanol–water partition coefficient (Wildman–Crippen LogP) is 4.70. The van der Waals surface area contributed by atoms with Crippen molar-refractivity contribution in [3.05, 3.63) is 77.1 Å². The topological polar surface area (TPSA) is 41.9 Å². The summed E-state index contributed by atoms with van der Waals surface area (Å²) in [6, 6.07) is 15.8. The van der Waals surface area contributed by atoms with E-state index in [-0.39, 0.29) is 0 Å². The van der Waals surface area contributed by atoms with Crippen LogP contribution in [0.15, 0.2) is 60.9 Å². The fourth-order valence-electron chi connectivity index (χ4n) is 2.25. The van der Waals surface area contributed by atoms with Gasteiger partial charge < -0.3 is 10.6 Å². The molecule has 0 radical (unpaired) electrons. The monoisotopic (exact) mass is 356 g/mol. The van der Waals surface area contributed by atoms with Crippen LogP contribution in [0.4, 0.5) is 11.4 Å². The van der Waals surface area contributed by atoms with Crippen molar-refractivity contribution >= 4 is 40.3 Å².